The van der Waals surface area contributed by atoms with Gasteiger partial charge in [0.15, 0.2) is 5.02 Å². The highest BCUT2D eigenvalue weighted by Gasteiger charge is 2.25. The normalized spacial score (nSPS) is 19.9. The van der Waals surface area contributed by atoms with Gasteiger partial charge in [0.05, 0.1) is 18.9 Å². The zero-order valence-electron chi connectivity index (χ0n) is 16.8. The van der Waals surface area contributed by atoms with Gasteiger partial charge >= 0.3 is 0 Å². The fraction of sp³-hybridized carbons (Fsp3) is 0.579. The van der Waals surface area contributed by atoms with Crippen molar-refractivity contribution in [2.24, 2.45) is 0 Å². The third kappa shape index (κ3) is 6.94. The average Bonchev–Trinajstić information content (AvgIpc) is 3.13. The van der Waals surface area contributed by atoms with Gasteiger partial charge in [-0.15, -0.1) is 11.3 Å². The molecule has 0 radical (unpaired) electrons. The number of thiazole rings is 1. The molecule has 2 heterocycles. The van der Waals surface area contributed by atoms with Crippen LogP contribution in [0.25, 0.3) is 0 Å². The van der Waals surface area contributed by atoms with Crippen molar-refractivity contribution in [2.75, 3.05) is 6.61 Å². The van der Waals surface area contributed by atoms with Crippen molar-refractivity contribution >= 4 is 40.4 Å². The number of nitrogens with zero attached hydrogens (tertiary/aromatic N) is 3. The zero-order valence-corrected chi connectivity index (χ0v) is 19.1. The molecule has 8 nitrogen and oxygen atoms in total. The van der Waals surface area contributed by atoms with Gasteiger partial charge in [0, 0.05) is 13.0 Å². The second kappa shape index (κ2) is 11.1. The Kier molecular flexibility index (Phi) is 8.50. The molecule has 0 spiro atoms. The van der Waals surface area contributed by atoms with E-state index >= 15 is 0 Å². The van der Waals surface area contributed by atoms with Crippen molar-refractivity contribution in [2.45, 2.75) is 64.4 Å². The number of halogens is 2. The molecular formula is C19H24Cl2N4O4S. The first kappa shape index (κ1) is 23.0. The molecule has 1 amide bonds. The molecule has 30 heavy (non-hydrogen) atoms. The highest BCUT2D eigenvalue weighted by atomic mass is 35.5. The van der Waals surface area contributed by atoms with Gasteiger partial charge < -0.3 is 19.5 Å². The van der Waals surface area contributed by atoms with Crippen molar-refractivity contribution in [3.8, 4) is 11.8 Å². The molecule has 2 aromatic rings. The van der Waals surface area contributed by atoms with Crippen LogP contribution in [0.5, 0.6) is 11.8 Å². The molecule has 0 aromatic carbocycles. The van der Waals surface area contributed by atoms with Crippen LogP contribution in [0.3, 0.4) is 0 Å². The summed E-state index contributed by atoms with van der Waals surface area (Å²) in [7, 11) is 0. The number of hydrogen-bond donors (Lipinski definition) is 1. The molecule has 0 saturated heterocycles. The average molecular weight is 475 g/mol. The van der Waals surface area contributed by atoms with E-state index in [1.165, 1.54) is 24.6 Å². The number of carbonyl (C=O) groups excluding carboxylic acids is 1. The number of rotatable bonds is 9. The lowest BCUT2D eigenvalue weighted by Gasteiger charge is -2.29. The van der Waals surface area contributed by atoms with E-state index in [0.717, 1.165) is 30.7 Å². The molecule has 1 atom stereocenters. The largest absolute Gasteiger partial charge is 0.473 e. The standard InChI is InChI=1S/C19H24Cl2N4O4S/c1-11(25-12(2)26)8-27-13-3-5-14(6-4-13)29-19-17(21)18(23-10-24-19)28-9-16-22-7-15(20)30-16/h7,10-11,13-14H,3-6,8-9H2,1-2H3,(H,25,26)/t11-,13-,14-/m0/s1. The third-order valence-corrected chi connectivity index (χ3v) is 5.93. The van der Waals surface area contributed by atoms with Crippen LogP contribution in [0.4, 0.5) is 0 Å². The van der Waals surface area contributed by atoms with Crippen molar-refractivity contribution < 1.29 is 19.0 Å². The van der Waals surface area contributed by atoms with Gasteiger partial charge in [0.25, 0.3) is 0 Å². The smallest absolute Gasteiger partial charge is 0.240 e. The van der Waals surface area contributed by atoms with Gasteiger partial charge in [0.1, 0.15) is 28.4 Å². The van der Waals surface area contributed by atoms with Crippen LogP contribution in [0.1, 0.15) is 44.5 Å². The Morgan fingerprint density at radius 2 is 1.90 bits per heavy atom. The predicted molar refractivity (Wildman–Crippen MR) is 114 cm³/mol. The molecule has 0 aliphatic heterocycles. The summed E-state index contributed by atoms with van der Waals surface area (Å²) in [5, 5.41) is 3.78. The first-order chi connectivity index (χ1) is 14.4. The fourth-order valence-corrected chi connectivity index (χ4v) is 4.22. The maximum atomic E-state index is 11.1. The molecule has 1 N–H and O–H groups in total. The summed E-state index contributed by atoms with van der Waals surface area (Å²) in [5.41, 5.74) is 0. The molecule has 1 saturated carbocycles. The van der Waals surface area contributed by atoms with Gasteiger partial charge in [0.2, 0.25) is 17.7 Å². The fourth-order valence-electron chi connectivity index (χ4n) is 3.15. The monoisotopic (exact) mass is 474 g/mol. The number of nitrogens with one attached hydrogen (secondary N) is 1. The molecule has 0 bridgehead atoms. The van der Waals surface area contributed by atoms with E-state index in [4.69, 9.17) is 37.4 Å². The van der Waals surface area contributed by atoms with E-state index in [0.29, 0.717) is 16.8 Å². The third-order valence-electron chi connectivity index (χ3n) is 4.51. The van der Waals surface area contributed by atoms with E-state index in [2.05, 4.69) is 20.3 Å². The molecule has 164 valence electrons. The minimum atomic E-state index is -0.0521. The summed E-state index contributed by atoms with van der Waals surface area (Å²) in [4.78, 5) is 23.4. The summed E-state index contributed by atoms with van der Waals surface area (Å²) in [6, 6.07) is -0.00452. The Morgan fingerprint density at radius 1 is 1.20 bits per heavy atom. The van der Waals surface area contributed by atoms with E-state index in [1.54, 1.807) is 6.20 Å². The minimum absolute atomic E-state index is 0.00404. The highest BCUT2D eigenvalue weighted by molar-refractivity contribution is 7.15. The Bertz CT molecular complexity index is 846. The summed E-state index contributed by atoms with van der Waals surface area (Å²) >= 11 is 13.6. The second-order valence-corrected chi connectivity index (χ2v) is 9.22. The van der Waals surface area contributed by atoms with Gasteiger partial charge in [-0.2, -0.15) is 0 Å². The molecule has 2 aromatic heterocycles. The predicted octanol–water partition coefficient (Wildman–Crippen LogP) is 4.05. The molecule has 1 aliphatic carbocycles. The summed E-state index contributed by atoms with van der Waals surface area (Å²) < 4.78 is 18.1. The Hall–Kier alpha value is -1.68. The summed E-state index contributed by atoms with van der Waals surface area (Å²) in [6.07, 6.45) is 6.48. The molecule has 0 unspecified atom stereocenters. The van der Waals surface area contributed by atoms with Gasteiger partial charge in [-0.3, -0.25) is 4.79 Å². The zero-order chi connectivity index (χ0) is 21.5. The van der Waals surface area contributed by atoms with E-state index in [1.807, 2.05) is 6.92 Å². The molecule has 1 fully saturated rings. The quantitative estimate of drug-likeness (QED) is 0.585. The van der Waals surface area contributed by atoms with E-state index < -0.39 is 0 Å². The lowest BCUT2D eigenvalue weighted by Crippen LogP contribution is -2.36. The second-order valence-electron chi connectivity index (χ2n) is 7.10. The highest BCUT2D eigenvalue weighted by Crippen LogP contribution is 2.33. The van der Waals surface area contributed by atoms with Gasteiger partial charge in [-0.25, -0.2) is 15.0 Å². The lowest BCUT2D eigenvalue weighted by molar-refractivity contribution is -0.120. The van der Waals surface area contributed by atoms with E-state index in [-0.39, 0.29) is 41.7 Å². The van der Waals surface area contributed by atoms with Crippen molar-refractivity contribution in [1.82, 2.24) is 20.3 Å². The van der Waals surface area contributed by atoms with Gasteiger partial charge in [-0.1, -0.05) is 23.2 Å². The Labute approximate surface area is 189 Å². The minimum Gasteiger partial charge on any atom is -0.473 e. The Balaban J connectivity index is 1.46. The molecular weight excluding hydrogens is 451 g/mol. The maximum Gasteiger partial charge on any atom is 0.240 e. The first-order valence-electron chi connectivity index (χ1n) is 9.69. The van der Waals surface area contributed by atoms with E-state index in [9.17, 15) is 4.79 Å². The van der Waals surface area contributed by atoms with Crippen LogP contribution in [-0.4, -0.2) is 45.7 Å². The van der Waals surface area contributed by atoms with Crippen LogP contribution in [0.15, 0.2) is 12.5 Å². The van der Waals surface area contributed by atoms with Crippen molar-refractivity contribution in [3.63, 3.8) is 0 Å². The lowest BCUT2D eigenvalue weighted by atomic mass is 9.95. The number of amides is 1. The SMILES string of the molecule is CC(=O)N[C@@H](C)CO[C@H]1CC[C@H](Oc2ncnc(OCc3ncc(Cl)s3)c2Cl)CC1. The summed E-state index contributed by atoms with van der Waals surface area (Å²) in [5.74, 6) is 0.503. The number of aromatic nitrogens is 3. The van der Waals surface area contributed by atoms with Crippen molar-refractivity contribution in [1.29, 1.82) is 0 Å². The van der Waals surface area contributed by atoms with Crippen LogP contribution >= 0.6 is 34.5 Å². The van der Waals surface area contributed by atoms with Crippen molar-refractivity contribution in [3.05, 3.63) is 26.9 Å². The number of hydrogen-bond acceptors (Lipinski definition) is 8. The van der Waals surface area contributed by atoms with Gasteiger partial charge in [-0.05, 0) is 32.6 Å². The molecule has 3 rings (SSSR count). The van der Waals surface area contributed by atoms with Crippen LogP contribution in [0.2, 0.25) is 9.36 Å². The van der Waals surface area contributed by atoms with Crippen LogP contribution in [-0.2, 0) is 16.1 Å². The molecule has 1 aliphatic rings. The topological polar surface area (TPSA) is 95.5 Å². The Morgan fingerprint density at radius 3 is 2.57 bits per heavy atom. The molecule has 11 heteroatoms. The number of carbonyl (C=O) groups is 1. The summed E-state index contributed by atoms with van der Waals surface area (Å²) in [6.45, 7) is 4.14. The number of ether oxygens (including phenoxy) is 3. The maximum absolute atomic E-state index is 11.1. The first-order valence-corrected chi connectivity index (χ1v) is 11.3. The van der Waals surface area contributed by atoms with Crippen LogP contribution < -0.4 is 14.8 Å². The van der Waals surface area contributed by atoms with Crippen LogP contribution in [0, 0.1) is 0 Å².